The Labute approximate surface area is 427 Å². The summed E-state index contributed by atoms with van der Waals surface area (Å²) in [5, 5.41) is 1.07. The summed E-state index contributed by atoms with van der Waals surface area (Å²) < 4.78 is 163. The summed E-state index contributed by atoms with van der Waals surface area (Å²) in [5.74, 6) is 0. The molecule has 0 aliphatic rings. The number of aryl methyl sites for hydroxylation is 5. The molecule has 9 aromatic rings. The van der Waals surface area contributed by atoms with Crippen molar-refractivity contribution in [1.29, 1.82) is 0 Å². The van der Waals surface area contributed by atoms with Gasteiger partial charge in [0, 0.05) is 63.9 Å². The number of hydrogen-bond acceptors (Lipinski definition) is 3. The van der Waals surface area contributed by atoms with Crippen LogP contribution in [0.3, 0.4) is 0 Å². The third-order valence-electron chi connectivity index (χ3n) is 10.3. The maximum absolute atomic E-state index is 8.65. The fourth-order valence-corrected chi connectivity index (χ4v) is 7.53. The van der Waals surface area contributed by atoms with Crippen molar-refractivity contribution in [2.24, 2.45) is 10.8 Å². The van der Waals surface area contributed by atoms with Crippen molar-refractivity contribution < 1.29 is 50.6 Å². The summed E-state index contributed by atoms with van der Waals surface area (Å²) in [6, 6.07) is 40.1. The molecule has 0 saturated heterocycles. The van der Waals surface area contributed by atoms with E-state index < -0.39 is 57.8 Å². The van der Waals surface area contributed by atoms with E-state index in [1.54, 1.807) is 87.6 Å². The Morgan fingerprint density at radius 1 is 0.554 bits per heavy atom. The van der Waals surface area contributed by atoms with Gasteiger partial charge in [-0.1, -0.05) is 161 Å². The molecule has 0 unspecified atom stereocenters. The quantitative estimate of drug-likeness (QED) is 0.149. The maximum Gasteiger partial charge on any atom is 0.120 e. The molecule has 1 radical (unpaired) electrons. The molecule has 0 fully saturated rings. The van der Waals surface area contributed by atoms with E-state index in [2.05, 4.69) is 22.1 Å². The maximum atomic E-state index is 8.65. The van der Waals surface area contributed by atoms with Gasteiger partial charge in [0.05, 0.1) is 5.58 Å². The Morgan fingerprint density at radius 3 is 1.89 bits per heavy atom. The fraction of sp³-hybridized carbons (Fsp3) is 0.246. The second-order valence-corrected chi connectivity index (χ2v) is 17.8. The van der Waals surface area contributed by atoms with Gasteiger partial charge in [-0.3, -0.25) is 0 Å². The topological polar surface area (TPSA) is 38.9 Å². The van der Waals surface area contributed by atoms with Crippen LogP contribution in [-0.2, 0) is 32.9 Å². The molecule has 0 saturated carbocycles. The first-order valence-electron chi connectivity index (χ1n) is 30.4. The van der Waals surface area contributed by atoms with Gasteiger partial charge in [-0.15, -0.1) is 47.5 Å². The second kappa shape index (κ2) is 19.3. The standard InChI is InChI=1S/C38H36NO.C23H24N.Ir/c1-23-11-16-36-34(17-23)29-9-8-10-30(37(29)40-36)35-20-33(26(4)22-39-35)32-19-24(2)31(18-25(32)3)28-14-12-27(13-15-28)21-38(5,6)7;1-17-10-12-20(14-21(17)19-8-6-5-7-9-19)22-13-11-18(16-24-22)15-23(2,3)4;/h8-9,11-20,22H,21H2,1-7H3;5-11,13-14,16H,15H2,1-4H3;/q2*-1;/i1D3,2D3,3D3,4D3,21D2;1D3,15D2;. The van der Waals surface area contributed by atoms with E-state index in [0.29, 0.717) is 49.9 Å². The van der Waals surface area contributed by atoms with Gasteiger partial charge in [0.2, 0.25) is 0 Å². The first-order chi connectivity index (χ1) is 38.1. The van der Waals surface area contributed by atoms with Crippen LogP contribution in [0.1, 0.15) is 107 Å². The van der Waals surface area contributed by atoms with Crippen LogP contribution < -0.4 is 0 Å². The summed E-state index contributed by atoms with van der Waals surface area (Å²) in [6.07, 6.45) is -0.605. The second-order valence-electron chi connectivity index (χ2n) is 17.8. The molecule has 0 bridgehead atoms. The van der Waals surface area contributed by atoms with E-state index in [1.165, 1.54) is 36.4 Å². The van der Waals surface area contributed by atoms with Crippen LogP contribution >= 0.6 is 0 Å². The van der Waals surface area contributed by atoms with E-state index in [1.807, 2.05) is 51.1 Å². The minimum absolute atomic E-state index is 0. The molecular formula is C61H60IrN2O-2. The van der Waals surface area contributed by atoms with Crippen LogP contribution in [0.4, 0.5) is 0 Å². The Morgan fingerprint density at radius 2 is 1.20 bits per heavy atom. The van der Waals surface area contributed by atoms with Crippen molar-refractivity contribution in [2.45, 2.75) is 88.5 Å². The van der Waals surface area contributed by atoms with Gasteiger partial charge in [0.1, 0.15) is 5.58 Å². The molecular weight excluding hydrogens is 969 g/mol. The van der Waals surface area contributed by atoms with Crippen molar-refractivity contribution in [3.05, 3.63) is 191 Å². The van der Waals surface area contributed by atoms with Crippen LogP contribution in [0.2, 0.25) is 0 Å². The third kappa shape index (κ3) is 11.0. The summed E-state index contributed by atoms with van der Waals surface area (Å²) in [4.78, 5) is 8.87. The molecule has 4 heteroatoms. The molecule has 0 aliphatic carbocycles. The third-order valence-corrected chi connectivity index (χ3v) is 10.3. The largest absolute Gasteiger partial charge is 0.501 e. The first-order valence-corrected chi connectivity index (χ1v) is 20.9. The van der Waals surface area contributed by atoms with Crippen molar-refractivity contribution >= 4 is 21.9 Å². The Hall–Kier alpha value is -5.93. The first kappa shape index (κ1) is 28.2. The van der Waals surface area contributed by atoms with Crippen molar-refractivity contribution in [2.75, 3.05) is 0 Å². The molecule has 0 amide bonds. The van der Waals surface area contributed by atoms with E-state index in [4.69, 9.17) is 30.5 Å². The molecule has 0 N–H and O–H groups in total. The number of hydrogen-bond donors (Lipinski definition) is 0. The molecule has 3 heterocycles. The van der Waals surface area contributed by atoms with Crippen molar-refractivity contribution in [3.8, 4) is 55.9 Å². The molecule has 9 rings (SSSR count). The van der Waals surface area contributed by atoms with Crippen LogP contribution in [-0.4, -0.2) is 9.97 Å². The number of pyridine rings is 2. The number of furan rings is 1. The number of aromatic nitrogens is 2. The van der Waals surface area contributed by atoms with Crippen LogP contribution in [0, 0.1) is 57.2 Å². The zero-order chi connectivity index (χ0) is 61.4. The van der Waals surface area contributed by atoms with Gasteiger partial charge in [0.25, 0.3) is 0 Å². The minimum Gasteiger partial charge on any atom is -0.501 e. The molecule has 6 aromatic carbocycles. The summed E-state index contributed by atoms with van der Waals surface area (Å²) in [7, 11) is 0. The van der Waals surface area contributed by atoms with Gasteiger partial charge >= 0.3 is 0 Å². The Bertz CT molecular complexity index is 3840. The average Bonchev–Trinajstić information content (AvgIpc) is 1.39. The molecule has 3 aromatic heterocycles. The predicted octanol–water partition coefficient (Wildman–Crippen LogP) is 16.7. The van der Waals surface area contributed by atoms with Gasteiger partial charge in [0.15, 0.2) is 0 Å². The van der Waals surface area contributed by atoms with Crippen LogP contribution in [0.15, 0.2) is 144 Å². The van der Waals surface area contributed by atoms with Gasteiger partial charge in [-0.25, -0.2) is 0 Å². The van der Waals surface area contributed by atoms with E-state index >= 15 is 0 Å². The molecule has 0 aliphatic heterocycles. The van der Waals surface area contributed by atoms with Gasteiger partial charge in [-0.05, 0) is 130 Å². The molecule has 65 heavy (non-hydrogen) atoms. The van der Waals surface area contributed by atoms with Gasteiger partial charge in [-0.2, -0.15) is 0 Å². The van der Waals surface area contributed by atoms with Gasteiger partial charge < -0.3 is 14.4 Å². The summed E-state index contributed by atoms with van der Waals surface area (Å²) >= 11 is 0. The van der Waals surface area contributed by atoms with Crippen LogP contribution in [0.5, 0.6) is 0 Å². The number of nitrogens with zero attached hydrogens (tertiary/aromatic N) is 2. The van der Waals surface area contributed by atoms with Crippen molar-refractivity contribution in [3.63, 3.8) is 0 Å². The normalized spacial score (nSPS) is 17.4. The number of benzene rings is 6. The van der Waals surface area contributed by atoms with E-state index in [9.17, 15) is 0 Å². The zero-order valence-electron chi connectivity index (χ0n) is 55.9. The Balaban J connectivity index is 0.000000285. The SMILES string of the molecule is [2H]C([2H])([2H])c1c[c-]c(-c2ccc(C([2H])([2H])C(C)(C)C)cn2)cc1-c1ccccc1.[2H]C([2H])([2H])c1ccc2oc3c(-c4cc(-c5cc(C([2H])([2H])[2H])c(-c6ccc(C([2H])([2H])C(C)(C)C)cc6)cc5C([2H])([2H])[2H])c(C([2H])([2H])[2H])cn4)[c-]ccc3c2c1.[Ir]. The van der Waals surface area contributed by atoms with E-state index in [0.717, 1.165) is 11.8 Å². The number of rotatable bonds is 7. The monoisotopic (exact) mass is 1050 g/mol. The summed E-state index contributed by atoms with van der Waals surface area (Å²) in [6.45, 7) is -2.18. The molecule has 331 valence electrons. The summed E-state index contributed by atoms with van der Waals surface area (Å²) in [5.41, 5.74) is 3.09. The smallest absolute Gasteiger partial charge is 0.120 e. The van der Waals surface area contributed by atoms with E-state index in [-0.39, 0.29) is 81.5 Å². The average molecular weight is 1050 g/mol. The molecule has 3 nitrogen and oxygen atoms in total. The molecule has 0 atom stereocenters. The van der Waals surface area contributed by atoms with Crippen molar-refractivity contribution in [1.82, 2.24) is 9.97 Å². The number of fused-ring (bicyclic) bond motifs is 3. The zero-order valence-corrected chi connectivity index (χ0v) is 39.3. The Kier molecular flexibility index (Phi) is 8.35. The predicted molar refractivity (Wildman–Crippen MR) is 271 cm³/mol. The van der Waals surface area contributed by atoms with Crippen LogP contribution in [0.25, 0.3) is 77.8 Å². The fourth-order valence-electron chi connectivity index (χ4n) is 7.53. The molecule has 0 spiro atoms. The minimum atomic E-state index is -2.85.